The number of hydrogen-bond acceptors (Lipinski definition) is 12. The molecule has 0 unspecified atom stereocenters. The minimum atomic E-state index is -0.510. The summed E-state index contributed by atoms with van der Waals surface area (Å²) in [5.41, 5.74) is 21.4. The maximum Gasteiger partial charge on any atom is 0.323 e. The van der Waals surface area contributed by atoms with Gasteiger partial charge in [0, 0.05) is 102 Å². The van der Waals surface area contributed by atoms with Crippen LogP contribution in [0.5, 0.6) is 0 Å². The fraction of sp³-hybridized carbons (Fsp3) is 0.156. The summed E-state index contributed by atoms with van der Waals surface area (Å²) >= 11 is 0. The van der Waals surface area contributed by atoms with Crippen molar-refractivity contribution in [3.63, 3.8) is 0 Å². The van der Waals surface area contributed by atoms with Gasteiger partial charge in [-0.3, -0.25) is 20.4 Å². The van der Waals surface area contributed by atoms with E-state index in [2.05, 4.69) is 138 Å². The molecule has 578 valence electrons. The Morgan fingerprint density at radius 1 is 0.328 bits per heavy atom. The highest BCUT2D eigenvalue weighted by atomic mass is 19.1. The molecule has 3 aliphatic carbocycles. The molecule has 0 spiro atoms. The van der Waals surface area contributed by atoms with Crippen molar-refractivity contribution in [3.8, 4) is 44.5 Å². The van der Waals surface area contributed by atoms with E-state index in [0.29, 0.717) is 29.1 Å². The normalized spacial score (nSPS) is 12.9. The largest absolute Gasteiger partial charge is 0.323 e. The van der Waals surface area contributed by atoms with Crippen LogP contribution in [0.3, 0.4) is 0 Å². The number of halogens is 2. The third kappa shape index (κ3) is 18.4. The van der Waals surface area contributed by atoms with Crippen LogP contribution < -0.4 is 42.5 Å². The molecular weight excluding hydrogens is 1460 g/mol. The number of nitrogens with one attached hydrogen (secondary N) is 12. The van der Waals surface area contributed by atoms with Gasteiger partial charge in [-0.2, -0.15) is 20.4 Å². The molecule has 12 N–H and O–H groups in total. The minimum absolute atomic E-state index is 0.111. The van der Waals surface area contributed by atoms with Gasteiger partial charge in [-0.15, -0.1) is 0 Å². The topological polar surface area (TPSA) is 331 Å². The number of anilines is 8. The maximum absolute atomic E-state index is 13.7. The number of fused-ring (bicyclic) bond motifs is 4. The molecule has 3 saturated carbocycles. The van der Waals surface area contributed by atoms with Gasteiger partial charge in [0.25, 0.3) is 0 Å². The number of benzene rings is 8. The Hall–Kier alpha value is -14.8. The highest BCUT2D eigenvalue weighted by Crippen LogP contribution is 2.45. The molecule has 19 rings (SSSR count). The third-order valence-corrected chi connectivity index (χ3v) is 19.9. The van der Waals surface area contributed by atoms with Crippen molar-refractivity contribution in [2.75, 3.05) is 42.5 Å². The van der Waals surface area contributed by atoms with Gasteiger partial charge in [0.15, 0.2) is 22.6 Å². The van der Waals surface area contributed by atoms with Crippen molar-refractivity contribution in [3.05, 3.63) is 289 Å². The first-order valence-electron chi connectivity index (χ1n) is 38.1. The standard InChI is InChI=1S/C23H22FN5O.C23H21N5O.C22H18FN5O.C22H19N5O/c1-23(2,3)20-12-16(17-13-25-29-21(17)28-20)14-8-10-15(11-9-14)26-22(30)27-19-7-5-4-6-18(19)24;1-14-3-2-4-18(11-14)26-23(29)25-17-9-7-15(8-10-17)19-12-21(16-5-6-16)27-22-20(19)13-24-28-22;23-18-3-1-2-4-19(18)27-22(29)25-15-9-7-13(8-10-15)16-11-20(14-5-6-14)26-21-17(16)12-24-28-21;28-22(24-16-4-2-1-3-5-16)25-17-10-8-14(9-11-17)18-12-20(15-6-7-15)26-21-19(18)13-23-27-21/h4-13H,1-3H3,(H,25,28,29)(H2,26,27,30);2-4,7-13,16H,5-6H2,1H3,(H,24,27,28)(H2,25,26,29);1-4,7-12,14H,5-6H2,(H,24,26,28)(H2,25,27,29);1-5,8-13,15H,6-7H2,(H,23,26,27)(H2,24,25,28). The van der Waals surface area contributed by atoms with E-state index in [-0.39, 0.29) is 28.9 Å². The molecule has 3 fully saturated rings. The fourth-order valence-electron chi connectivity index (χ4n) is 13.3. The smallest absolute Gasteiger partial charge is 0.308 e. The van der Waals surface area contributed by atoms with Gasteiger partial charge in [-0.1, -0.05) is 124 Å². The molecule has 116 heavy (non-hydrogen) atoms. The monoisotopic (exact) mass is 1540 g/mol. The summed E-state index contributed by atoms with van der Waals surface area (Å²) in [6, 6.07) is 66.8. The van der Waals surface area contributed by atoms with Crippen LogP contribution in [-0.2, 0) is 5.41 Å². The Morgan fingerprint density at radius 3 is 0.948 bits per heavy atom. The van der Waals surface area contributed by atoms with Crippen molar-refractivity contribution in [2.45, 2.75) is 89.4 Å². The second-order valence-corrected chi connectivity index (χ2v) is 29.8. The van der Waals surface area contributed by atoms with Crippen molar-refractivity contribution in [1.82, 2.24) is 60.7 Å². The van der Waals surface area contributed by atoms with Crippen LogP contribution >= 0.6 is 0 Å². The number of hydrogen-bond donors (Lipinski definition) is 12. The number of carbonyl (C=O) groups excluding carboxylic acids is 4. The van der Waals surface area contributed by atoms with Crippen molar-refractivity contribution < 1.29 is 28.0 Å². The summed E-state index contributed by atoms with van der Waals surface area (Å²) < 4.78 is 27.4. The molecule has 8 aromatic heterocycles. The number of nitrogens with zero attached hydrogens (tertiary/aromatic N) is 8. The Kier molecular flexibility index (Phi) is 21.6. The van der Waals surface area contributed by atoms with Gasteiger partial charge in [0.2, 0.25) is 0 Å². The first kappa shape index (κ1) is 75.2. The quantitative estimate of drug-likeness (QED) is 0.0456. The SMILES string of the molecule is CC(C)(C)c1cc(-c2ccc(NC(=O)Nc3ccccc3F)cc2)c2cn[nH]c2n1.Cc1cccc(NC(=O)Nc2ccc(-c3cc(C4CC4)nc4[nH]ncc34)cc2)c1.O=C(Nc1ccc(-c2cc(C3CC3)nc3[nH]ncc23)cc1)Nc1ccccc1F.O=C(Nc1ccccc1)Nc1ccc(-c2cc(C3CC3)nc3[nH]ncc23)cc1. The number of H-pyrrole nitrogens is 4. The van der Waals surface area contributed by atoms with E-state index in [9.17, 15) is 28.0 Å². The average molecular weight is 1540 g/mol. The van der Waals surface area contributed by atoms with E-state index in [4.69, 9.17) is 9.97 Å². The number of para-hydroxylation sites is 3. The zero-order valence-corrected chi connectivity index (χ0v) is 63.6. The molecule has 0 aliphatic heterocycles. The lowest BCUT2D eigenvalue weighted by Gasteiger charge is -2.19. The number of rotatable bonds is 15. The predicted octanol–water partition coefficient (Wildman–Crippen LogP) is 21.6. The Morgan fingerprint density at radius 2 is 0.621 bits per heavy atom. The average Bonchev–Trinajstić information content (AvgIpc) is 1.59. The Labute approximate surface area is 664 Å². The van der Waals surface area contributed by atoms with Gasteiger partial charge in [-0.05, 0) is 217 Å². The van der Waals surface area contributed by atoms with Gasteiger partial charge in [-0.25, -0.2) is 47.9 Å². The van der Waals surface area contributed by atoms with Crippen LogP contribution in [-0.4, -0.2) is 84.8 Å². The molecule has 0 saturated heterocycles. The summed E-state index contributed by atoms with van der Waals surface area (Å²) in [5, 5.41) is 54.2. The molecule has 0 radical (unpaired) electrons. The molecule has 8 amide bonds. The summed E-state index contributed by atoms with van der Waals surface area (Å²) in [7, 11) is 0. The molecule has 3 aliphatic rings. The van der Waals surface area contributed by atoms with Gasteiger partial charge in [0.1, 0.15) is 11.6 Å². The predicted molar refractivity (Wildman–Crippen MR) is 453 cm³/mol. The molecular formula is C90H80F2N20O4. The first-order chi connectivity index (χ1) is 56.4. The summed E-state index contributed by atoms with van der Waals surface area (Å²) in [6.45, 7) is 8.33. The van der Waals surface area contributed by atoms with Crippen molar-refractivity contribution >= 4 is 114 Å². The van der Waals surface area contributed by atoms with Crippen LogP contribution in [0, 0.1) is 18.6 Å². The van der Waals surface area contributed by atoms with Gasteiger partial charge >= 0.3 is 24.1 Å². The highest BCUT2D eigenvalue weighted by molar-refractivity contribution is 6.04. The molecule has 0 atom stereocenters. The van der Waals surface area contributed by atoms with Gasteiger partial charge < -0.3 is 42.5 Å². The van der Waals surface area contributed by atoms with Gasteiger partial charge in [0.05, 0.1) is 36.2 Å². The van der Waals surface area contributed by atoms with Crippen LogP contribution in [0.25, 0.3) is 88.6 Å². The number of pyridine rings is 4. The second-order valence-electron chi connectivity index (χ2n) is 29.8. The fourth-order valence-corrected chi connectivity index (χ4v) is 13.3. The van der Waals surface area contributed by atoms with E-state index in [1.165, 1.54) is 62.8 Å². The molecule has 8 aromatic carbocycles. The minimum Gasteiger partial charge on any atom is -0.308 e. The van der Waals surface area contributed by atoms with E-state index in [1.54, 1.807) is 48.8 Å². The summed E-state index contributed by atoms with van der Waals surface area (Å²) in [6.07, 6.45) is 14.3. The van der Waals surface area contributed by atoms with Crippen LogP contribution in [0.2, 0.25) is 0 Å². The number of aromatic amines is 4. The molecule has 8 heterocycles. The molecule has 26 heteroatoms. The van der Waals surface area contributed by atoms with E-state index < -0.39 is 23.7 Å². The third-order valence-electron chi connectivity index (χ3n) is 19.9. The van der Waals surface area contributed by atoms with Crippen LogP contribution in [0.15, 0.2) is 249 Å². The maximum atomic E-state index is 13.7. The van der Waals surface area contributed by atoms with E-state index in [1.807, 2.05) is 159 Å². The highest BCUT2D eigenvalue weighted by Gasteiger charge is 2.30. The number of urea groups is 4. The van der Waals surface area contributed by atoms with E-state index >= 15 is 0 Å². The Bertz CT molecular complexity index is 6250. The summed E-state index contributed by atoms with van der Waals surface area (Å²) in [5.74, 6) is 0.692. The van der Waals surface area contributed by atoms with Crippen molar-refractivity contribution in [2.24, 2.45) is 0 Å². The Balaban J connectivity index is 0.000000116. The lowest BCUT2D eigenvalue weighted by Crippen LogP contribution is -2.20. The molecule has 0 bridgehead atoms. The number of aromatic nitrogens is 12. The lowest BCUT2D eigenvalue weighted by molar-refractivity contribution is 0.261. The zero-order chi connectivity index (χ0) is 79.8. The number of amides is 8. The molecule has 16 aromatic rings. The number of aryl methyl sites for hydroxylation is 1. The first-order valence-corrected chi connectivity index (χ1v) is 38.1. The summed E-state index contributed by atoms with van der Waals surface area (Å²) in [4.78, 5) is 67.5. The lowest BCUT2D eigenvalue weighted by atomic mass is 9.89. The second kappa shape index (κ2) is 33.2. The van der Waals surface area contributed by atoms with Crippen LogP contribution in [0.1, 0.15) is 105 Å². The molecule has 24 nitrogen and oxygen atoms in total. The van der Waals surface area contributed by atoms with E-state index in [0.717, 1.165) is 140 Å². The number of carbonyl (C=O) groups is 4. The zero-order valence-electron chi connectivity index (χ0n) is 63.6. The van der Waals surface area contributed by atoms with Crippen molar-refractivity contribution in [1.29, 1.82) is 0 Å². The van der Waals surface area contributed by atoms with Crippen LogP contribution in [0.4, 0.5) is 73.5 Å².